The summed E-state index contributed by atoms with van der Waals surface area (Å²) >= 11 is 7.56. The van der Waals surface area contributed by atoms with Gasteiger partial charge in [0.15, 0.2) is 5.69 Å². The number of benzene rings is 3. The lowest BCUT2D eigenvalue weighted by Gasteiger charge is -2.17. The van der Waals surface area contributed by atoms with Gasteiger partial charge in [0.2, 0.25) is 0 Å². The van der Waals surface area contributed by atoms with E-state index in [1.807, 2.05) is 48.5 Å². The van der Waals surface area contributed by atoms with E-state index in [0.29, 0.717) is 15.7 Å². The zero-order valence-electron chi connectivity index (χ0n) is 14.3. The molecule has 0 aliphatic carbocycles. The highest BCUT2D eigenvalue weighted by Gasteiger charge is 2.16. The van der Waals surface area contributed by atoms with Crippen molar-refractivity contribution in [3.63, 3.8) is 0 Å². The first kappa shape index (κ1) is 18.0. The smallest absolute Gasteiger partial charge is 0.177 e. The molecule has 0 radical (unpaired) electrons. The minimum absolute atomic E-state index is 0.262. The van der Waals surface area contributed by atoms with Gasteiger partial charge in [-0.05, 0) is 36.4 Å². The van der Waals surface area contributed by atoms with E-state index in [1.165, 1.54) is 11.8 Å². The van der Waals surface area contributed by atoms with Gasteiger partial charge in [0.05, 0.1) is 23.0 Å². The van der Waals surface area contributed by atoms with Crippen LogP contribution in [0.2, 0.25) is 5.02 Å². The minimum atomic E-state index is -0.957. The van der Waals surface area contributed by atoms with Crippen LogP contribution in [0.3, 0.4) is 0 Å². The number of rotatable bonds is 4. The molecule has 0 fully saturated rings. The molecule has 1 aromatic heterocycles. The van der Waals surface area contributed by atoms with Gasteiger partial charge in [0, 0.05) is 26.8 Å². The van der Waals surface area contributed by atoms with E-state index in [4.69, 9.17) is 21.3 Å². The molecule has 7 heteroatoms. The van der Waals surface area contributed by atoms with Crippen molar-refractivity contribution < 1.29 is 15.2 Å². The van der Waals surface area contributed by atoms with Crippen molar-refractivity contribution in [1.29, 1.82) is 0 Å². The molecular weight excluding hydrogens is 384 g/mol. The zero-order valence-corrected chi connectivity index (χ0v) is 15.8. The zero-order chi connectivity index (χ0) is 19.0. The van der Waals surface area contributed by atoms with Crippen LogP contribution in [0.5, 0.6) is 5.75 Å². The molecule has 2 N–H and O–H groups in total. The number of pyridine rings is 1. The van der Waals surface area contributed by atoms with E-state index in [-0.39, 0.29) is 5.69 Å². The van der Waals surface area contributed by atoms with Crippen molar-refractivity contribution in [1.82, 2.24) is 4.98 Å². The third kappa shape index (κ3) is 3.45. The molecule has 1 atom stereocenters. The number of halogens is 1. The standard InChI is InChI=1S/C20H15ClN2O3S/c1-26-13-7-9-16-15(11-13)20(14-8-6-12(21)10-17(14)22-16)27-19-5-3-2-4-18(19)23(24)25/h2-11,23-24H,1H3. The monoisotopic (exact) mass is 398 g/mol. The third-order valence-electron chi connectivity index (χ3n) is 4.22. The van der Waals surface area contributed by atoms with E-state index in [9.17, 15) is 10.4 Å². The van der Waals surface area contributed by atoms with E-state index in [2.05, 4.69) is 0 Å². The van der Waals surface area contributed by atoms with Crippen molar-refractivity contribution in [2.24, 2.45) is 0 Å². The lowest BCUT2D eigenvalue weighted by atomic mass is 10.1. The summed E-state index contributed by atoms with van der Waals surface area (Å²) in [6.07, 6.45) is 0. The van der Waals surface area contributed by atoms with Gasteiger partial charge >= 0.3 is 0 Å². The summed E-state index contributed by atoms with van der Waals surface area (Å²) in [6.45, 7) is 0. The lowest BCUT2D eigenvalue weighted by molar-refractivity contribution is -0.992. The van der Waals surface area contributed by atoms with Crippen LogP contribution in [0.4, 0.5) is 5.69 Å². The Morgan fingerprint density at radius 3 is 2.63 bits per heavy atom. The van der Waals surface area contributed by atoms with Crippen molar-refractivity contribution in [3.8, 4) is 5.75 Å². The number of nitrogens with zero attached hydrogens (tertiary/aromatic N) is 1. The van der Waals surface area contributed by atoms with Gasteiger partial charge in [-0.2, -0.15) is 5.23 Å². The number of para-hydroxylation sites is 1. The second kappa shape index (κ2) is 7.34. The molecule has 0 aliphatic rings. The molecule has 0 saturated heterocycles. The Hall–Kier alpha value is -2.35. The molecule has 0 bridgehead atoms. The van der Waals surface area contributed by atoms with Gasteiger partial charge in [0.25, 0.3) is 0 Å². The Morgan fingerprint density at radius 1 is 1.04 bits per heavy atom. The number of ether oxygens (including phenoxy) is 1. The maximum absolute atomic E-state index is 11.6. The summed E-state index contributed by atoms with van der Waals surface area (Å²) in [5.41, 5.74) is 1.81. The second-order valence-electron chi connectivity index (χ2n) is 5.89. The maximum Gasteiger partial charge on any atom is 0.177 e. The number of aromatic nitrogens is 1. The number of methoxy groups -OCH3 is 1. The van der Waals surface area contributed by atoms with Crippen LogP contribution >= 0.6 is 23.4 Å². The first-order valence-corrected chi connectivity index (χ1v) is 9.33. The highest BCUT2D eigenvalue weighted by atomic mass is 35.5. The number of hydrogen-bond acceptors (Lipinski definition) is 5. The van der Waals surface area contributed by atoms with Crippen LogP contribution in [0.25, 0.3) is 21.8 Å². The Balaban J connectivity index is 2.01. The molecule has 0 aliphatic heterocycles. The highest BCUT2D eigenvalue weighted by molar-refractivity contribution is 8.00. The van der Waals surface area contributed by atoms with Crippen molar-refractivity contribution in [3.05, 3.63) is 70.9 Å². The SMILES string of the molecule is COc1ccc2nc3cc(Cl)ccc3c(Sc3ccccc3[NH+]([O-])O)c2c1. The number of fused-ring (bicyclic) bond motifs is 2. The van der Waals surface area contributed by atoms with Gasteiger partial charge in [-0.25, -0.2) is 10.2 Å². The van der Waals surface area contributed by atoms with Gasteiger partial charge in [0.1, 0.15) is 5.75 Å². The molecule has 4 aromatic rings. The summed E-state index contributed by atoms with van der Waals surface area (Å²) in [5.74, 6) is 0.714. The van der Waals surface area contributed by atoms with Gasteiger partial charge in [-0.15, -0.1) is 0 Å². The van der Waals surface area contributed by atoms with Crippen molar-refractivity contribution >= 4 is 50.9 Å². The molecule has 5 nitrogen and oxygen atoms in total. The van der Waals surface area contributed by atoms with Crippen LogP contribution in [0.15, 0.2) is 70.5 Å². The predicted octanol–water partition coefficient (Wildman–Crippen LogP) is 4.60. The molecule has 3 aromatic carbocycles. The normalized spacial score (nSPS) is 12.4. The Morgan fingerprint density at radius 2 is 1.85 bits per heavy atom. The lowest BCUT2D eigenvalue weighted by Crippen LogP contribution is -2.99. The summed E-state index contributed by atoms with van der Waals surface area (Å²) < 4.78 is 5.37. The van der Waals surface area contributed by atoms with Crippen LogP contribution in [0, 0.1) is 5.21 Å². The van der Waals surface area contributed by atoms with Gasteiger partial charge in [-0.1, -0.05) is 41.6 Å². The average molecular weight is 399 g/mol. The summed E-state index contributed by atoms with van der Waals surface area (Å²) in [7, 11) is 1.61. The van der Waals surface area contributed by atoms with E-state index in [1.54, 1.807) is 19.2 Å². The highest BCUT2D eigenvalue weighted by Crippen LogP contribution is 2.41. The first-order valence-electron chi connectivity index (χ1n) is 8.14. The van der Waals surface area contributed by atoms with Crippen molar-refractivity contribution in [2.75, 3.05) is 7.11 Å². The molecule has 0 saturated carbocycles. The second-order valence-corrected chi connectivity index (χ2v) is 7.38. The first-order chi connectivity index (χ1) is 13.1. The third-order valence-corrected chi connectivity index (χ3v) is 5.68. The van der Waals surface area contributed by atoms with Gasteiger partial charge < -0.3 is 9.94 Å². The molecule has 136 valence electrons. The Bertz CT molecular complexity index is 1150. The average Bonchev–Trinajstić information content (AvgIpc) is 2.67. The summed E-state index contributed by atoms with van der Waals surface area (Å²) in [5, 5.41) is 22.6. The molecule has 0 amide bonds. The Labute approximate surface area is 164 Å². The minimum Gasteiger partial charge on any atom is -0.595 e. The van der Waals surface area contributed by atoms with Crippen LogP contribution in [0.1, 0.15) is 0 Å². The molecule has 0 spiro atoms. The summed E-state index contributed by atoms with van der Waals surface area (Å²) in [4.78, 5) is 6.28. The fraction of sp³-hybridized carbons (Fsp3) is 0.0500. The molecular formula is C20H15ClN2O3S. The predicted molar refractivity (Wildman–Crippen MR) is 107 cm³/mol. The molecule has 1 unspecified atom stereocenters. The number of hydrogen-bond donors (Lipinski definition) is 2. The van der Waals surface area contributed by atoms with E-state index < -0.39 is 5.23 Å². The Kier molecular flexibility index (Phi) is 4.90. The topological polar surface area (TPSA) is 69.9 Å². The van der Waals surface area contributed by atoms with Crippen LogP contribution in [-0.2, 0) is 0 Å². The van der Waals surface area contributed by atoms with Crippen LogP contribution in [-0.4, -0.2) is 17.3 Å². The number of nitrogens with one attached hydrogen (secondary N) is 1. The van der Waals surface area contributed by atoms with Crippen LogP contribution < -0.4 is 9.96 Å². The maximum atomic E-state index is 11.6. The van der Waals surface area contributed by atoms with E-state index >= 15 is 0 Å². The number of quaternary nitrogens is 1. The quantitative estimate of drug-likeness (QED) is 0.388. The molecule has 27 heavy (non-hydrogen) atoms. The fourth-order valence-electron chi connectivity index (χ4n) is 2.94. The van der Waals surface area contributed by atoms with E-state index in [0.717, 1.165) is 26.7 Å². The molecule has 1 heterocycles. The molecule has 4 rings (SSSR count). The fourth-order valence-corrected chi connectivity index (χ4v) is 4.29. The van der Waals surface area contributed by atoms with Crippen molar-refractivity contribution in [2.45, 2.75) is 9.79 Å². The summed E-state index contributed by atoms with van der Waals surface area (Å²) in [6, 6.07) is 18.2. The van der Waals surface area contributed by atoms with Gasteiger partial charge in [-0.3, -0.25) is 0 Å². The largest absolute Gasteiger partial charge is 0.595 e.